The molecule has 0 aliphatic carbocycles. The number of nitrogens with zero attached hydrogens (tertiary/aromatic N) is 4. The Labute approximate surface area is 111 Å². The maximum atomic E-state index is 9.11. The Kier molecular flexibility index (Phi) is 6.74. The highest BCUT2D eigenvalue weighted by atomic mass is 32.2. The summed E-state index contributed by atoms with van der Waals surface area (Å²) in [7, 11) is 0. The van der Waals surface area contributed by atoms with Gasteiger partial charge in [0.1, 0.15) is 6.04 Å². The Bertz CT molecular complexity index is 445. The number of benzene rings is 1. The highest BCUT2D eigenvalue weighted by Gasteiger charge is 2.08. The molecule has 1 unspecified atom stereocenters. The number of hydrogen-bond acceptors (Lipinski definition) is 4. The lowest BCUT2D eigenvalue weighted by atomic mass is 10.1. The van der Waals surface area contributed by atoms with E-state index < -0.39 is 0 Å². The molecule has 1 aromatic rings. The molecule has 0 fully saturated rings. The Balaban J connectivity index is 2.49. The molecule has 0 bridgehead atoms. The lowest BCUT2D eigenvalue weighted by Gasteiger charge is -2.11. The molecular weight excluding hydrogens is 246 g/mol. The molecule has 6 heteroatoms. The van der Waals surface area contributed by atoms with Gasteiger partial charge in [0, 0.05) is 16.4 Å². The molecule has 5 nitrogen and oxygen atoms in total. The van der Waals surface area contributed by atoms with Crippen LogP contribution in [0, 0.1) is 11.3 Å². The third-order valence-corrected chi connectivity index (χ3v) is 3.17. The van der Waals surface area contributed by atoms with Crippen LogP contribution >= 0.6 is 11.8 Å². The van der Waals surface area contributed by atoms with E-state index in [0.717, 1.165) is 12.0 Å². The molecule has 0 saturated heterocycles. The van der Waals surface area contributed by atoms with Gasteiger partial charge in [-0.05, 0) is 42.4 Å². The van der Waals surface area contributed by atoms with Crippen molar-refractivity contribution in [2.45, 2.75) is 17.4 Å². The van der Waals surface area contributed by atoms with Crippen molar-refractivity contribution in [3.8, 4) is 6.07 Å². The van der Waals surface area contributed by atoms with Gasteiger partial charge in [0.05, 0.1) is 6.07 Å². The van der Waals surface area contributed by atoms with E-state index in [4.69, 9.17) is 10.8 Å². The second-order valence-electron chi connectivity index (χ2n) is 3.60. The predicted molar refractivity (Wildman–Crippen MR) is 73.2 cm³/mol. The first-order valence-corrected chi connectivity index (χ1v) is 6.82. The van der Waals surface area contributed by atoms with E-state index in [2.05, 4.69) is 21.4 Å². The van der Waals surface area contributed by atoms with Crippen molar-refractivity contribution in [2.75, 3.05) is 19.3 Å². The summed E-state index contributed by atoms with van der Waals surface area (Å²) in [6.45, 7) is 1.11. The predicted octanol–water partition coefficient (Wildman–Crippen LogP) is 3.26. The van der Waals surface area contributed by atoms with E-state index in [9.17, 15) is 0 Å². The molecule has 0 heterocycles. The van der Waals surface area contributed by atoms with Gasteiger partial charge in [0.2, 0.25) is 0 Å². The molecule has 18 heavy (non-hydrogen) atoms. The van der Waals surface area contributed by atoms with Crippen molar-refractivity contribution in [1.82, 2.24) is 5.32 Å². The number of nitriles is 1. The number of thioether (sulfide) groups is 1. The largest absolute Gasteiger partial charge is 0.298 e. The summed E-state index contributed by atoms with van der Waals surface area (Å²) in [5.41, 5.74) is 9.09. The Hall–Kier alpha value is -1.67. The summed E-state index contributed by atoms with van der Waals surface area (Å²) in [6.07, 6.45) is 2.75. The van der Waals surface area contributed by atoms with Crippen LogP contribution in [-0.2, 0) is 0 Å². The van der Waals surface area contributed by atoms with Gasteiger partial charge in [-0.15, -0.1) is 11.8 Å². The minimum Gasteiger partial charge on any atom is -0.298 e. The van der Waals surface area contributed by atoms with Crippen LogP contribution in [0.25, 0.3) is 10.4 Å². The number of nitrogens with one attached hydrogen (secondary N) is 1. The molecule has 0 radical (unpaired) electrons. The molecule has 1 rings (SSSR count). The summed E-state index contributed by atoms with van der Waals surface area (Å²) in [5.74, 6) is 0. The lowest BCUT2D eigenvalue weighted by molar-refractivity contribution is 0.607. The van der Waals surface area contributed by atoms with Crippen LogP contribution in [0.2, 0.25) is 0 Å². The standard InChI is InChI=1S/C12H15N5S/c1-18-11-5-3-10(4-6-11)12(9-13)15-7-2-8-16-17-14/h3-6,12,15H,2,7-8H2,1H3. The van der Waals surface area contributed by atoms with Crippen molar-refractivity contribution in [3.63, 3.8) is 0 Å². The average Bonchev–Trinajstić information content (AvgIpc) is 2.43. The fraction of sp³-hybridized carbons (Fsp3) is 0.417. The fourth-order valence-electron chi connectivity index (χ4n) is 1.48. The maximum absolute atomic E-state index is 9.11. The molecule has 94 valence electrons. The molecule has 0 aliphatic rings. The van der Waals surface area contributed by atoms with Crippen molar-refractivity contribution in [2.24, 2.45) is 5.11 Å². The summed E-state index contributed by atoms with van der Waals surface area (Å²) in [4.78, 5) is 3.86. The molecule has 0 aromatic heterocycles. The molecule has 1 N–H and O–H groups in total. The van der Waals surface area contributed by atoms with Gasteiger partial charge in [0.25, 0.3) is 0 Å². The van der Waals surface area contributed by atoms with Gasteiger partial charge in [-0.3, -0.25) is 5.32 Å². The Morgan fingerprint density at radius 2 is 2.22 bits per heavy atom. The van der Waals surface area contributed by atoms with E-state index >= 15 is 0 Å². The van der Waals surface area contributed by atoms with Gasteiger partial charge in [0.15, 0.2) is 0 Å². The zero-order valence-corrected chi connectivity index (χ0v) is 11.0. The molecule has 0 spiro atoms. The van der Waals surface area contributed by atoms with Crippen molar-refractivity contribution >= 4 is 11.8 Å². The monoisotopic (exact) mass is 261 g/mol. The summed E-state index contributed by atoms with van der Waals surface area (Å²) in [6, 6.07) is 9.84. The van der Waals surface area contributed by atoms with Gasteiger partial charge >= 0.3 is 0 Å². The summed E-state index contributed by atoms with van der Waals surface area (Å²) < 4.78 is 0. The molecular formula is C12H15N5S. The first kappa shape index (κ1) is 14.4. The van der Waals surface area contributed by atoms with Crippen LogP contribution in [-0.4, -0.2) is 19.3 Å². The lowest BCUT2D eigenvalue weighted by Crippen LogP contribution is -2.21. The highest BCUT2D eigenvalue weighted by molar-refractivity contribution is 7.98. The highest BCUT2D eigenvalue weighted by Crippen LogP contribution is 2.18. The minimum atomic E-state index is -0.313. The molecule has 1 aromatic carbocycles. The zero-order chi connectivity index (χ0) is 13.2. The summed E-state index contributed by atoms with van der Waals surface area (Å²) >= 11 is 1.67. The van der Waals surface area contributed by atoms with E-state index in [-0.39, 0.29) is 6.04 Å². The second kappa shape index (κ2) is 8.43. The van der Waals surface area contributed by atoms with Crippen molar-refractivity contribution in [3.05, 3.63) is 40.3 Å². The third kappa shape index (κ3) is 4.68. The van der Waals surface area contributed by atoms with Crippen LogP contribution in [0.4, 0.5) is 0 Å². The van der Waals surface area contributed by atoms with Crippen LogP contribution < -0.4 is 5.32 Å². The topological polar surface area (TPSA) is 84.6 Å². The number of hydrogen-bond donors (Lipinski definition) is 1. The second-order valence-corrected chi connectivity index (χ2v) is 4.48. The molecule has 1 atom stereocenters. The molecule has 0 amide bonds. The maximum Gasteiger partial charge on any atom is 0.121 e. The quantitative estimate of drug-likeness (QED) is 0.269. The average molecular weight is 261 g/mol. The smallest absolute Gasteiger partial charge is 0.121 e. The van der Waals surface area contributed by atoms with Gasteiger partial charge in [-0.2, -0.15) is 5.26 Å². The number of rotatable bonds is 7. The first-order valence-electron chi connectivity index (χ1n) is 5.59. The first-order chi connectivity index (χ1) is 8.81. The molecule has 0 saturated carbocycles. The van der Waals surface area contributed by atoms with E-state index in [1.165, 1.54) is 4.90 Å². The van der Waals surface area contributed by atoms with Crippen molar-refractivity contribution in [1.29, 1.82) is 5.26 Å². The minimum absolute atomic E-state index is 0.313. The van der Waals surface area contributed by atoms with Crippen LogP contribution in [0.5, 0.6) is 0 Å². The van der Waals surface area contributed by atoms with E-state index in [1.807, 2.05) is 30.5 Å². The van der Waals surface area contributed by atoms with Gasteiger partial charge < -0.3 is 0 Å². The Morgan fingerprint density at radius 3 is 2.78 bits per heavy atom. The Morgan fingerprint density at radius 1 is 1.50 bits per heavy atom. The van der Waals surface area contributed by atoms with Crippen molar-refractivity contribution < 1.29 is 0 Å². The number of azide groups is 1. The summed E-state index contributed by atoms with van der Waals surface area (Å²) in [5, 5.41) is 15.7. The van der Waals surface area contributed by atoms with Crippen LogP contribution in [0.15, 0.2) is 34.3 Å². The van der Waals surface area contributed by atoms with E-state index in [1.54, 1.807) is 11.8 Å². The molecule has 0 aliphatic heterocycles. The SMILES string of the molecule is CSc1ccc(C(C#N)NCCCN=[N+]=[N-])cc1. The zero-order valence-electron chi connectivity index (χ0n) is 10.2. The van der Waals surface area contributed by atoms with Gasteiger partial charge in [-0.25, -0.2) is 0 Å². The normalized spacial score (nSPS) is 11.3. The van der Waals surface area contributed by atoms with Gasteiger partial charge in [-0.1, -0.05) is 17.2 Å². The fourth-order valence-corrected chi connectivity index (χ4v) is 1.88. The third-order valence-electron chi connectivity index (χ3n) is 2.42. The van der Waals surface area contributed by atoms with E-state index in [0.29, 0.717) is 13.1 Å². The van der Waals surface area contributed by atoms with Crippen LogP contribution in [0.1, 0.15) is 18.0 Å². The van der Waals surface area contributed by atoms with Crippen LogP contribution in [0.3, 0.4) is 0 Å².